The van der Waals surface area contributed by atoms with Crippen molar-refractivity contribution in [1.29, 1.82) is 5.26 Å². The monoisotopic (exact) mass is 440 g/mol. The third-order valence-corrected chi connectivity index (χ3v) is 4.84. The number of carbonyl (C=O) groups is 1. The summed E-state index contributed by atoms with van der Waals surface area (Å²) >= 11 is 1.71. The number of pyridine rings is 1. The minimum Gasteiger partial charge on any atom is -0.298 e. The van der Waals surface area contributed by atoms with E-state index < -0.39 is 17.2 Å². The Bertz CT molecular complexity index is 943. The van der Waals surface area contributed by atoms with Crippen molar-refractivity contribution in [3.63, 3.8) is 0 Å². The Hall–Kier alpha value is -2.08. The molecule has 122 valence electrons. The highest BCUT2D eigenvalue weighted by Crippen LogP contribution is 2.40. The number of nitrogens with zero attached hydrogens (tertiary/aromatic N) is 2. The van der Waals surface area contributed by atoms with Crippen molar-refractivity contribution in [1.82, 2.24) is 4.57 Å². The minimum absolute atomic E-state index is 0.0189. The second-order valence-corrected chi connectivity index (χ2v) is 6.76. The van der Waals surface area contributed by atoms with Gasteiger partial charge < -0.3 is 0 Å². The molecule has 0 atom stereocenters. The molecule has 0 aliphatic heterocycles. The van der Waals surface area contributed by atoms with Crippen LogP contribution in [0.4, 0.5) is 8.78 Å². The van der Waals surface area contributed by atoms with Crippen LogP contribution in [0.5, 0.6) is 0 Å². The summed E-state index contributed by atoms with van der Waals surface area (Å²) < 4.78 is 28.9. The molecule has 1 aromatic carbocycles. The summed E-state index contributed by atoms with van der Waals surface area (Å²) in [4.78, 5) is 24.3. The number of aldehydes is 1. The summed E-state index contributed by atoms with van der Waals surface area (Å²) in [6, 6.07) is 3.90. The van der Waals surface area contributed by atoms with Crippen LogP contribution in [0.2, 0.25) is 0 Å². The maximum absolute atomic E-state index is 14.2. The fraction of sp³-hybridized carbons (Fsp3) is 0.235. The molecule has 1 aromatic heterocycles. The van der Waals surface area contributed by atoms with E-state index in [4.69, 9.17) is 5.26 Å². The van der Waals surface area contributed by atoms with Gasteiger partial charge in [-0.3, -0.25) is 14.2 Å². The van der Waals surface area contributed by atoms with Gasteiger partial charge in [0.25, 0.3) is 5.56 Å². The average molecular weight is 440 g/mol. The molecular formula is C17H11F2IN2O2. The third kappa shape index (κ3) is 2.86. The molecular weight excluding hydrogens is 429 g/mol. The highest BCUT2D eigenvalue weighted by Gasteiger charge is 2.31. The second-order valence-electron chi connectivity index (χ2n) is 5.60. The standard InChI is InChI=1S/C17H11F2IN2O2/c18-12-5-13(19)15(6-14(12)20)22-7-10(8-23)11(3-4-21)16(17(22)24)9-1-2-9/h5-9H,1-3H2. The van der Waals surface area contributed by atoms with E-state index in [1.807, 2.05) is 6.07 Å². The van der Waals surface area contributed by atoms with Crippen LogP contribution in [0, 0.1) is 26.5 Å². The molecule has 3 rings (SSSR count). The maximum atomic E-state index is 14.2. The largest absolute Gasteiger partial charge is 0.298 e. The molecule has 1 saturated carbocycles. The molecule has 0 N–H and O–H groups in total. The topological polar surface area (TPSA) is 62.9 Å². The van der Waals surface area contributed by atoms with Crippen LogP contribution in [0.1, 0.15) is 40.2 Å². The van der Waals surface area contributed by atoms with E-state index in [1.165, 1.54) is 12.3 Å². The van der Waals surface area contributed by atoms with Gasteiger partial charge in [-0.05, 0) is 53.0 Å². The molecule has 1 aliphatic carbocycles. The summed E-state index contributed by atoms with van der Waals surface area (Å²) in [7, 11) is 0. The Kier molecular flexibility index (Phi) is 4.49. The number of rotatable bonds is 4. The zero-order valence-electron chi connectivity index (χ0n) is 12.4. The Morgan fingerprint density at radius 1 is 1.33 bits per heavy atom. The van der Waals surface area contributed by atoms with Crippen molar-refractivity contribution in [2.75, 3.05) is 0 Å². The summed E-state index contributed by atoms with van der Waals surface area (Å²) in [6.07, 6.45) is 3.30. The minimum atomic E-state index is -0.887. The van der Waals surface area contributed by atoms with Crippen LogP contribution in [0.3, 0.4) is 0 Å². The van der Waals surface area contributed by atoms with Crippen LogP contribution < -0.4 is 5.56 Å². The SMILES string of the molecule is N#CCc1c(C=O)cn(-c2cc(I)c(F)cc2F)c(=O)c1C1CC1. The maximum Gasteiger partial charge on any atom is 0.259 e. The Morgan fingerprint density at radius 2 is 2.04 bits per heavy atom. The first-order valence-corrected chi connectivity index (χ1v) is 8.31. The normalized spacial score (nSPS) is 13.6. The van der Waals surface area contributed by atoms with E-state index in [-0.39, 0.29) is 27.2 Å². The lowest BCUT2D eigenvalue weighted by Crippen LogP contribution is -2.26. The van der Waals surface area contributed by atoms with Gasteiger partial charge in [0.2, 0.25) is 0 Å². The fourth-order valence-electron chi connectivity index (χ4n) is 2.74. The lowest BCUT2D eigenvalue weighted by Gasteiger charge is -2.15. The zero-order valence-corrected chi connectivity index (χ0v) is 14.5. The number of hydrogen-bond donors (Lipinski definition) is 0. The number of carbonyl (C=O) groups excluding carboxylic acids is 1. The van der Waals surface area contributed by atoms with Crippen molar-refractivity contribution in [2.45, 2.75) is 25.2 Å². The molecule has 24 heavy (non-hydrogen) atoms. The third-order valence-electron chi connectivity index (χ3n) is 4.01. The highest BCUT2D eigenvalue weighted by molar-refractivity contribution is 14.1. The first-order chi connectivity index (χ1) is 11.5. The smallest absolute Gasteiger partial charge is 0.259 e. The van der Waals surface area contributed by atoms with E-state index in [9.17, 15) is 18.4 Å². The molecule has 1 heterocycles. The first-order valence-electron chi connectivity index (χ1n) is 7.23. The van der Waals surface area contributed by atoms with Gasteiger partial charge in [-0.15, -0.1) is 0 Å². The van der Waals surface area contributed by atoms with Gasteiger partial charge in [-0.1, -0.05) is 0 Å². The van der Waals surface area contributed by atoms with Gasteiger partial charge in [-0.2, -0.15) is 5.26 Å². The molecule has 0 radical (unpaired) electrons. The number of nitriles is 1. The Balaban J connectivity index is 2.33. The van der Waals surface area contributed by atoms with E-state index in [0.29, 0.717) is 23.5 Å². The molecule has 0 unspecified atom stereocenters. The summed E-state index contributed by atoms with van der Waals surface area (Å²) in [5, 5.41) is 8.98. The highest BCUT2D eigenvalue weighted by atomic mass is 127. The quantitative estimate of drug-likeness (QED) is 0.416. The molecule has 0 spiro atoms. The van der Waals surface area contributed by atoms with Crippen LogP contribution in [0.25, 0.3) is 5.69 Å². The predicted octanol–water partition coefficient (Wildman–Crippen LogP) is 3.48. The van der Waals surface area contributed by atoms with E-state index in [0.717, 1.165) is 17.4 Å². The molecule has 0 bridgehead atoms. The van der Waals surface area contributed by atoms with Gasteiger partial charge in [0.1, 0.15) is 11.6 Å². The Morgan fingerprint density at radius 3 is 2.62 bits per heavy atom. The van der Waals surface area contributed by atoms with Crippen molar-refractivity contribution in [3.05, 3.63) is 60.6 Å². The summed E-state index contributed by atoms with van der Waals surface area (Å²) in [5.41, 5.74) is 0.402. The molecule has 1 aliphatic rings. The Labute approximate surface area is 149 Å². The van der Waals surface area contributed by atoms with Gasteiger partial charge in [0.05, 0.1) is 21.7 Å². The first kappa shape index (κ1) is 16.8. The van der Waals surface area contributed by atoms with E-state index >= 15 is 0 Å². The number of benzene rings is 1. The van der Waals surface area contributed by atoms with E-state index in [1.54, 1.807) is 22.6 Å². The summed E-state index contributed by atoms with van der Waals surface area (Å²) in [6.45, 7) is 0. The van der Waals surface area contributed by atoms with E-state index in [2.05, 4.69) is 0 Å². The molecule has 0 saturated heterocycles. The zero-order chi connectivity index (χ0) is 17.4. The van der Waals surface area contributed by atoms with Crippen LogP contribution in [-0.4, -0.2) is 10.9 Å². The number of halogens is 3. The van der Waals surface area contributed by atoms with Gasteiger partial charge in [0.15, 0.2) is 6.29 Å². The van der Waals surface area contributed by atoms with Crippen LogP contribution in [-0.2, 0) is 6.42 Å². The summed E-state index contributed by atoms with van der Waals surface area (Å²) in [5.74, 6) is -1.62. The average Bonchev–Trinajstić information content (AvgIpc) is 3.37. The number of aromatic nitrogens is 1. The predicted molar refractivity (Wildman–Crippen MR) is 91.4 cm³/mol. The lowest BCUT2D eigenvalue weighted by molar-refractivity contribution is 0.112. The van der Waals surface area contributed by atoms with Crippen molar-refractivity contribution < 1.29 is 13.6 Å². The van der Waals surface area contributed by atoms with Crippen LogP contribution >= 0.6 is 22.6 Å². The molecule has 0 amide bonds. The van der Waals surface area contributed by atoms with Crippen molar-refractivity contribution in [3.8, 4) is 11.8 Å². The molecule has 4 nitrogen and oxygen atoms in total. The molecule has 2 aromatic rings. The van der Waals surface area contributed by atoms with Gasteiger partial charge in [-0.25, -0.2) is 8.78 Å². The van der Waals surface area contributed by atoms with Crippen LogP contribution in [0.15, 0.2) is 23.1 Å². The lowest BCUT2D eigenvalue weighted by atomic mass is 9.98. The van der Waals surface area contributed by atoms with Crippen molar-refractivity contribution >= 4 is 28.9 Å². The fourth-order valence-corrected chi connectivity index (χ4v) is 3.19. The molecule has 7 heteroatoms. The second kappa shape index (κ2) is 6.43. The molecule has 1 fully saturated rings. The van der Waals surface area contributed by atoms with Gasteiger partial charge in [0, 0.05) is 23.4 Å². The van der Waals surface area contributed by atoms with Crippen molar-refractivity contribution in [2.24, 2.45) is 0 Å². The number of hydrogen-bond acceptors (Lipinski definition) is 3. The van der Waals surface area contributed by atoms with Gasteiger partial charge >= 0.3 is 0 Å².